The van der Waals surface area contributed by atoms with Crippen molar-refractivity contribution < 1.29 is 9.90 Å². The van der Waals surface area contributed by atoms with Gasteiger partial charge in [-0.15, -0.1) is 0 Å². The summed E-state index contributed by atoms with van der Waals surface area (Å²) in [5, 5.41) is 16.6. The van der Waals surface area contributed by atoms with E-state index < -0.39 is 0 Å². The first-order valence-corrected chi connectivity index (χ1v) is 8.26. The van der Waals surface area contributed by atoms with Gasteiger partial charge in [-0.05, 0) is 31.1 Å². The lowest BCUT2D eigenvalue weighted by Gasteiger charge is -2.31. The van der Waals surface area contributed by atoms with Crippen LogP contribution < -0.4 is 5.32 Å². The zero-order valence-electron chi connectivity index (χ0n) is 13.9. The van der Waals surface area contributed by atoms with Crippen molar-refractivity contribution in [2.75, 3.05) is 25.0 Å². The summed E-state index contributed by atoms with van der Waals surface area (Å²) in [6.45, 7) is 8.89. The number of piperidine rings is 1. The number of hydrogen-bond donors (Lipinski definition) is 2. The number of urea groups is 1. The largest absolute Gasteiger partial charge is 0.396 e. The van der Waals surface area contributed by atoms with Gasteiger partial charge < -0.3 is 15.3 Å². The van der Waals surface area contributed by atoms with Crippen LogP contribution in [0.2, 0.25) is 0 Å². The van der Waals surface area contributed by atoms with Crippen molar-refractivity contribution >= 4 is 11.7 Å². The van der Waals surface area contributed by atoms with Gasteiger partial charge >= 0.3 is 6.03 Å². The Hall–Kier alpha value is -1.56. The average Bonchev–Trinajstić information content (AvgIpc) is 2.88. The number of likely N-dealkylation sites (tertiary alicyclic amines) is 1. The van der Waals surface area contributed by atoms with E-state index in [9.17, 15) is 4.79 Å². The summed E-state index contributed by atoms with van der Waals surface area (Å²) in [6, 6.07) is -0.0600. The molecule has 6 nitrogen and oxygen atoms in total. The number of aliphatic hydroxyl groups is 1. The lowest BCUT2D eigenvalue weighted by Crippen LogP contribution is -2.41. The highest BCUT2D eigenvalue weighted by atomic mass is 16.3. The molecule has 1 aliphatic rings. The highest BCUT2D eigenvalue weighted by Crippen LogP contribution is 2.20. The Bertz CT molecular complexity index is 490. The Balaban J connectivity index is 1.98. The molecule has 0 saturated carbocycles. The number of anilines is 1. The fourth-order valence-corrected chi connectivity index (χ4v) is 2.90. The maximum Gasteiger partial charge on any atom is 0.321 e. The second-order valence-electron chi connectivity index (χ2n) is 6.48. The molecule has 2 N–H and O–H groups in total. The van der Waals surface area contributed by atoms with Crippen molar-refractivity contribution in [2.45, 2.75) is 46.6 Å². The number of rotatable bonds is 5. The number of nitrogens with one attached hydrogen (secondary N) is 1. The summed E-state index contributed by atoms with van der Waals surface area (Å²) < 4.78 is 1.98. The van der Waals surface area contributed by atoms with Crippen LogP contribution in [0, 0.1) is 11.8 Å². The standard InChI is InChI=1S/C16H28N4O2/c1-4-15-14(9-17-20(15)10-12(2)3)18-16(22)19-7-5-13(11-21)6-8-19/h9,12-13,21H,4-8,10-11H2,1-3H3,(H,18,22). The highest BCUT2D eigenvalue weighted by Gasteiger charge is 2.23. The molecule has 124 valence electrons. The van der Waals surface area contributed by atoms with E-state index in [0.717, 1.165) is 37.2 Å². The molecular weight excluding hydrogens is 280 g/mol. The topological polar surface area (TPSA) is 70.4 Å². The minimum Gasteiger partial charge on any atom is -0.396 e. The van der Waals surface area contributed by atoms with Crippen molar-refractivity contribution in [3.05, 3.63) is 11.9 Å². The highest BCUT2D eigenvalue weighted by molar-refractivity contribution is 5.89. The summed E-state index contributed by atoms with van der Waals surface area (Å²) in [4.78, 5) is 14.2. The van der Waals surface area contributed by atoms with Gasteiger partial charge in [-0.1, -0.05) is 20.8 Å². The van der Waals surface area contributed by atoms with Gasteiger partial charge in [-0.25, -0.2) is 4.79 Å². The van der Waals surface area contributed by atoms with Crippen LogP contribution >= 0.6 is 0 Å². The van der Waals surface area contributed by atoms with Crippen molar-refractivity contribution in [3.63, 3.8) is 0 Å². The maximum absolute atomic E-state index is 12.4. The van der Waals surface area contributed by atoms with E-state index in [1.165, 1.54) is 0 Å². The zero-order chi connectivity index (χ0) is 16.1. The van der Waals surface area contributed by atoms with Crippen LogP contribution in [0.1, 0.15) is 39.3 Å². The smallest absolute Gasteiger partial charge is 0.321 e. The molecule has 0 unspecified atom stereocenters. The van der Waals surface area contributed by atoms with E-state index in [1.54, 1.807) is 6.20 Å². The molecule has 0 bridgehead atoms. The Morgan fingerprint density at radius 1 is 1.45 bits per heavy atom. The van der Waals surface area contributed by atoms with Crippen LogP contribution in [0.5, 0.6) is 0 Å². The number of aromatic nitrogens is 2. The molecule has 1 aliphatic heterocycles. The molecule has 1 saturated heterocycles. The lowest BCUT2D eigenvalue weighted by atomic mass is 9.98. The van der Waals surface area contributed by atoms with E-state index >= 15 is 0 Å². The van der Waals surface area contributed by atoms with E-state index in [0.29, 0.717) is 24.9 Å². The van der Waals surface area contributed by atoms with Gasteiger partial charge in [0, 0.05) is 26.2 Å². The molecule has 6 heteroatoms. The van der Waals surface area contributed by atoms with E-state index in [-0.39, 0.29) is 12.6 Å². The molecule has 1 aromatic heterocycles. The third-order valence-corrected chi connectivity index (χ3v) is 4.22. The Morgan fingerprint density at radius 3 is 2.68 bits per heavy atom. The summed E-state index contributed by atoms with van der Waals surface area (Å²) >= 11 is 0. The minimum atomic E-state index is -0.0600. The van der Waals surface area contributed by atoms with Gasteiger partial charge in [0.1, 0.15) is 0 Å². The van der Waals surface area contributed by atoms with Gasteiger partial charge in [0.2, 0.25) is 0 Å². The summed E-state index contributed by atoms with van der Waals surface area (Å²) in [6.07, 6.45) is 4.34. The van der Waals surface area contributed by atoms with Crippen LogP contribution in [0.3, 0.4) is 0 Å². The Morgan fingerprint density at radius 2 is 2.14 bits per heavy atom. The number of amides is 2. The lowest BCUT2D eigenvalue weighted by molar-refractivity contribution is 0.143. The van der Waals surface area contributed by atoms with Gasteiger partial charge in [0.15, 0.2) is 0 Å². The number of aliphatic hydroxyl groups excluding tert-OH is 1. The molecule has 22 heavy (non-hydrogen) atoms. The summed E-state index contributed by atoms with van der Waals surface area (Å²) in [7, 11) is 0. The molecule has 0 aliphatic carbocycles. The second kappa shape index (κ2) is 7.63. The fraction of sp³-hybridized carbons (Fsp3) is 0.750. The second-order valence-corrected chi connectivity index (χ2v) is 6.48. The summed E-state index contributed by atoms with van der Waals surface area (Å²) in [5.74, 6) is 0.857. The first-order valence-electron chi connectivity index (χ1n) is 8.26. The predicted octanol–water partition coefficient (Wildman–Crippen LogP) is 2.34. The van der Waals surface area contributed by atoms with Gasteiger partial charge in [-0.2, -0.15) is 5.10 Å². The molecule has 0 spiro atoms. The number of hydrogen-bond acceptors (Lipinski definition) is 3. The van der Waals surface area contributed by atoms with Gasteiger partial charge in [0.25, 0.3) is 0 Å². The van der Waals surface area contributed by atoms with Crippen LogP contribution in [0.15, 0.2) is 6.20 Å². The SMILES string of the molecule is CCc1c(NC(=O)N2CCC(CO)CC2)cnn1CC(C)C. The average molecular weight is 308 g/mol. The van der Waals surface area contributed by atoms with Crippen molar-refractivity contribution in [2.24, 2.45) is 11.8 Å². The minimum absolute atomic E-state index is 0.0600. The first-order chi connectivity index (χ1) is 10.5. The zero-order valence-corrected chi connectivity index (χ0v) is 13.9. The van der Waals surface area contributed by atoms with Gasteiger partial charge in [-0.3, -0.25) is 4.68 Å². The number of carbonyl (C=O) groups is 1. The number of carbonyl (C=O) groups excluding carboxylic acids is 1. The van der Waals surface area contributed by atoms with Crippen LogP contribution in [-0.4, -0.2) is 45.5 Å². The predicted molar refractivity (Wildman–Crippen MR) is 86.8 cm³/mol. The fourth-order valence-electron chi connectivity index (χ4n) is 2.90. The van der Waals surface area contributed by atoms with Crippen LogP contribution in [-0.2, 0) is 13.0 Å². The molecule has 1 fully saturated rings. The molecule has 2 heterocycles. The molecule has 0 atom stereocenters. The Labute approximate surface area is 132 Å². The quantitative estimate of drug-likeness (QED) is 0.877. The molecule has 0 radical (unpaired) electrons. The van der Waals surface area contributed by atoms with E-state index in [2.05, 4.69) is 31.2 Å². The molecule has 0 aromatic carbocycles. The van der Waals surface area contributed by atoms with Crippen molar-refractivity contribution in [1.82, 2.24) is 14.7 Å². The normalized spacial score (nSPS) is 16.3. The monoisotopic (exact) mass is 308 g/mol. The first kappa shape index (κ1) is 16.8. The van der Waals surface area contributed by atoms with Crippen molar-refractivity contribution in [3.8, 4) is 0 Å². The third kappa shape index (κ3) is 4.00. The van der Waals surface area contributed by atoms with E-state index in [4.69, 9.17) is 5.11 Å². The molecule has 1 aromatic rings. The van der Waals surface area contributed by atoms with Crippen LogP contribution in [0.25, 0.3) is 0 Å². The molecule has 2 rings (SSSR count). The van der Waals surface area contributed by atoms with Crippen molar-refractivity contribution in [1.29, 1.82) is 0 Å². The summed E-state index contributed by atoms with van der Waals surface area (Å²) in [5.41, 5.74) is 1.89. The number of nitrogens with zero attached hydrogens (tertiary/aromatic N) is 3. The van der Waals surface area contributed by atoms with Crippen LogP contribution in [0.4, 0.5) is 10.5 Å². The molecule has 2 amide bonds. The van der Waals surface area contributed by atoms with E-state index in [1.807, 2.05) is 9.58 Å². The Kier molecular flexibility index (Phi) is 5.83. The van der Waals surface area contributed by atoms with Gasteiger partial charge in [0.05, 0.1) is 17.6 Å². The third-order valence-electron chi connectivity index (χ3n) is 4.22. The maximum atomic E-state index is 12.4. The molecular formula is C16H28N4O2.